The van der Waals surface area contributed by atoms with Crippen LogP contribution in [0.5, 0.6) is 17.2 Å². The highest BCUT2D eigenvalue weighted by molar-refractivity contribution is 5.92. The maximum Gasteiger partial charge on any atom is 0.453 e. The van der Waals surface area contributed by atoms with Gasteiger partial charge in [-0.1, -0.05) is 12.1 Å². The fraction of sp³-hybridized carbons (Fsp3) is 0.120. The molecule has 0 unspecified atom stereocenters. The number of fused-ring (bicyclic) bond motifs is 1. The smallest absolute Gasteiger partial charge is 0.449 e. The van der Waals surface area contributed by atoms with E-state index in [-0.39, 0.29) is 33.7 Å². The van der Waals surface area contributed by atoms with Crippen LogP contribution >= 0.6 is 0 Å². The Morgan fingerprint density at radius 3 is 2.39 bits per heavy atom. The van der Waals surface area contributed by atoms with Crippen LogP contribution in [-0.2, 0) is 6.18 Å². The van der Waals surface area contributed by atoms with Gasteiger partial charge in [0.1, 0.15) is 17.1 Å². The number of hydrogen-bond donors (Lipinski definition) is 0. The van der Waals surface area contributed by atoms with E-state index in [2.05, 4.69) is 0 Å². The largest absolute Gasteiger partial charge is 0.453 e. The predicted molar refractivity (Wildman–Crippen MR) is 122 cm³/mol. The third kappa shape index (κ3) is 4.90. The molecule has 11 heteroatoms. The quantitative estimate of drug-likeness (QED) is 0.136. The summed E-state index contributed by atoms with van der Waals surface area (Å²) in [5, 5.41) is 10.7. The molecule has 4 aromatic rings. The molecule has 184 valence electrons. The Bertz CT molecular complexity index is 1570. The van der Waals surface area contributed by atoms with E-state index in [0.29, 0.717) is 5.56 Å². The van der Waals surface area contributed by atoms with Gasteiger partial charge in [0.15, 0.2) is 0 Å². The zero-order valence-electron chi connectivity index (χ0n) is 18.7. The van der Waals surface area contributed by atoms with Crippen LogP contribution in [0.2, 0.25) is 0 Å². The van der Waals surface area contributed by atoms with Crippen molar-refractivity contribution in [3.8, 4) is 17.2 Å². The van der Waals surface area contributed by atoms with Crippen molar-refractivity contribution >= 4 is 22.6 Å². The van der Waals surface area contributed by atoms with Gasteiger partial charge in [-0.05, 0) is 55.8 Å². The molecule has 0 amide bonds. The molecule has 0 aliphatic heterocycles. The van der Waals surface area contributed by atoms with Crippen molar-refractivity contribution in [2.24, 2.45) is 0 Å². The molecule has 0 saturated heterocycles. The maximum absolute atomic E-state index is 13.8. The lowest BCUT2D eigenvalue weighted by Crippen LogP contribution is -2.15. The number of alkyl halides is 3. The van der Waals surface area contributed by atoms with Crippen molar-refractivity contribution in [1.82, 2.24) is 0 Å². The fourth-order valence-electron chi connectivity index (χ4n) is 3.45. The Balaban J connectivity index is 1.72. The molecular weight excluding hydrogens is 483 g/mol. The lowest BCUT2D eigenvalue weighted by Gasteiger charge is -2.14. The number of benzene rings is 3. The van der Waals surface area contributed by atoms with Crippen molar-refractivity contribution < 1.29 is 36.8 Å². The third-order valence-electron chi connectivity index (χ3n) is 5.13. The third-order valence-corrected chi connectivity index (χ3v) is 5.13. The van der Waals surface area contributed by atoms with Crippen LogP contribution in [0.1, 0.15) is 27.2 Å². The van der Waals surface area contributed by atoms with Crippen molar-refractivity contribution in [2.75, 3.05) is 0 Å². The monoisotopic (exact) mass is 499 g/mol. The summed E-state index contributed by atoms with van der Waals surface area (Å²) in [6.07, 6.45) is -5.06. The van der Waals surface area contributed by atoms with E-state index in [1.54, 1.807) is 19.1 Å². The van der Waals surface area contributed by atoms with E-state index >= 15 is 0 Å². The van der Waals surface area contributed by atoms with Gasteiger partial charge in [-0.3, -0.25) is 14.9 Å². The molecule has 0 spiro atoms. The number of carbonyl (C=O) groups is 1. The molecule has 0 aliphatic rings. The number of esters is 1. The normalized spacial score (nSPS) is 11.4. The Labute approximate surface area is 200 Å². The van der Waals surface area contributed by atoms with E-state index < -0.39 is 39.6 Å². The summed E-state index contributed by atoms with van der Waals surface area (Å²) in [5.74, 6) is -3.75. The summed E-state index contributed by atoms with van der Waals surface area (Å²) >= 11 is 0. The van der Waals surface area contributed by atoms with Crippen molar-refractivity contribution in [1.29, 1.82) is 0 Å². The van der Waals surface area contributed by atoms with Crippen LogP contribution in [0.4, 0.5) is 18.9 Å². The van der Waals surface area contributed by atoms with Crippen molar-refractivity contribution in [3.05, 3.63) is 103 Å². The SMILES string of the molecule is Cc1cccc(Oc2c(C(F)(F)F)oc3cc(OC(=O)c4ccc([N+](=O)[O-])c(C)c4)ccc3c2=O)c1. The number of ether oxygens (including phenoxy) is 2. The number of aryl methyl sites for hydroxylation is 2. The minimum absolute atomic E-state index is 0.0162. The summed E-state index contributed by atoms with van der Waals surface area (Å²) < 4.78 is 56.7. The molecular formula is C25H16F3NO7. The lowest BCUT2D eigenvalue weighted by molar-refractivity contribution is -0.385. The van der Waals surface area contributed by atoms with Gasteiger partial charge in [-0.15, -0.1) is 0 Å². The zero-order chi connectivity index (χ0) is 26.2. The molecule has 0 radical (unpaired) electrons. The van der Waals surface area contributed by atoms with E-state index in [1.807, 2.05) is 0 Å². The van der Waals surface area contributed by atoms with Crippen LogP contribution in [-0.4, -0.2) is 10.9 Å². The maximum atomic E-state index is 13.8. The topological polar surface area (TPSA) is 109 Å². The Morgan fingerprint density at radius 1 is 1.00 bits per heavy atom. The molecule has 0 atom stereocenters. The van der Waals surface area contributed by atoms with Gasteiger partial charge in [0.05, 0.1) is 15.9 Å². The summed E-state index contributed by atoms with van der Waals surface area (Å²) in [6.45, 7) is 3.15. The average molecular weight is 499 g/mol. The highest BCUT2D eigenvalue weighted by atomic mass is 19.4. The second-order valence-corrected chi connectivity index (χ2v) is 7.81. The number of nitro benzene ring substituents is 1. The van der Waals surface area contributed by atoms with Crippen LogP contribution in [0, 0.1) is 24.0 Å². The Kier molecular flexibility index (Phi) is 6.23. The molecule has 3 aromatic carbocycles. The number of carbonyl (C=O) groups excluding carboxylic acids is 1. The first-order valence-corrected chi connectivity index (χ1v) is 10.3. The van der Waals surface area contributed by atoms with Gasteiger partial charge in [-0.2, -0.15) is 13.2 Å². The molecule has 0 fully saturated rings. The number of rotatable bonds is 5. The van der Waals surface area contributed by atoms with Crippen LogP contribution in [0.25, 0.3) is 11.0 Å². The summed E-state index contributed by atoms with van der Waals surface area (Å²) in [6, 6.07) is 13.0. The lowest BCUT2D eigenvalue weighted by atomic mass is 10.1. The predicted octanol–water partition coefficient (Wildman–Crippen LogP) is 6.35. The minimum atomic E-state index is -5.06. The molecule has 0 bridgehead atoms. The second-order valence-electron chi connectivity index (χ2n) is 7.81. The molecule has 36 heavy (non-hydrogen) atoms. The zero-order valence-corrected chi connectivity index (χ0v) is 18.7. The van der Waals surface area contributed by atoms with E-state index in [0.717, 1.165) is 18.2 Å². The van der Waals surface area contributed by atoms with E-state index in [1.165, 1.54) is 37.3 Å². The summed E-state index contributed by atoms with van der Waals surface area (Å²) in [4.78, 5) is 35.7. The first kappa shape index (κ1) is 24.5. The number of halogens is 3. The standard InChI is InChI=1S/C25H16F3NO7/c1-13-4-3-5-16(10-13)34-22-21(30)18-8-7-17(12-20(18)36-23(22)25(26,27)28)35-24(31)15-6-9-19(29(32)33)14(2)11-15/h3-12H,1-2H3. The summed E-state index contributed by atoms with van der Waals surface area (Å²) in [7, 11) is 0. The Morgan fingerprint density at radius 2 is 1.75 bits per heavy atom. The van der Waals surface area contributed by atoms with Gasteiger partial charge < -0.3 is 13.9 Å². The fourth-order valence-corrected chi connectivity index (χ4v) is 3.45. The molecule has 1 heterocycles. The molecule has 1 aromatic heterocycles. The first-order chi connectivity index (χ1) is 16.9. The average Bonchev–Trinajstić information content (AvgIpc) is 2.79. The molecule has 8 nitrogen and oxygen atoms in total. The van der Waals surface area contributed by atoms with Crippen molar-refractivity contribution in [2.45, 2.75) is 20.0 Å². The van der Waals surface area contributed by atoms with Crippen LogP contribution in [0.15, 0.2) is 69.9 Å². The van der Waals surface area contributed by atoms with E-state index in [4.69, 9.17) is 13.9 Å². The van der Waals surface area contributed by atoms with Gasteiger partial charge >= 0.3 is 12.1 Å². The van der Waals surface area contributed by atoms with Gasteiger partial charge in [-0.25, -0.2) is 4.79 Å². The first-order valence-electron chi connectivity index (χ1n) is 10.3. The highest BCUT2D eigenvalue weighted by Gasteiger charge is 2.40. The van der Waals surface area contributed by atoms with Crippen LogP contribution < -0.4 is 14.9 Å². The van der Waals surface area contributed by atoms with Gasteiger partial charge in [0, 0.05) is 17.7 Å². The molecule has 0 N–H and O–H groups in total. The van der Waals surface area contributed by atoms with Crippen LogP contribution in [0.3, 0.4) is 0 Å². The number of hydrogen-bond acceptors (Lipinski definition) is 7. The second kappa shape index (κ2) is 9.17. The van der Waals surface area contributed by atoms with Crippen molar-refractivity contribution in [3.63, 3.8) is 0 Å². The molecule has 0 saturated carbocycles. The minimum Gasteiger partial charge on any atom is -0.449 e. The Hall–Kier alpha value is -4.67. The number of nitro groups is 1. The van der Waals surface area contributed by atoms with Gasteiger partial charge in [0.2, 0.25) is 11.2 Å². The molecule has 4 rings (SSSR count). The number of nitrogens with zero attached hydrogens (tertiary/aromatic N) is 1. The summed E-state index contributed by atoms with van der Waals surface area (Å²) in [5.41, 5.74) is -0.821. The van der Waals surface area contributed by atoms with E-state index in [9.17, 15) is 32.9 Å². The highest BCUT2D eigenvalue weighted by Crippen LogP contribution is 2.38. The molecule has 0 aliphatic carbocycles. The van der Waals surface area contributed by atoms with Gasteiger partial charge in [0.25, 0.3) is 11.4 Å².